The van der Waals surface area contributed by atoms with Crippen molar-refractivity contribution in [3.8, 4) is 0 Å². The average Bonchev–Trinajstić information content (AvgIpc) is 3.51. The Labute approximate surface area is 190 Å². The van der Waals surface area contributed by atoms with Gasteiger partial charge in [0.25, 0.3) is 0 Å². The van der Waals surface area contributed by atoms with Crippen molar-refractivity contribution in [1.29, 1.82) is 0 Å². The van der Waals surface area contributed by atoms with Crippen molar-refractivity contribution in [1.82, 2.24) is 14.9 Å². The zero-order chi connectivity index (χ0) is 22.1. The summed E-state index contributed by atoms with van der Waals surface area (Å²) in [5.74, 6) is 2.05. The van der Waals surface area contributed by atoms with Crippen LogP contribution in [0.4, 0.5) is 5.82 Å². The van der Waals surface area contributed by atoms with E-state index in [0.29, 0.717) is 25.2 Å². The largest absolute Gasteiger partial charge is 0.332 e. The van der Waals surface area contributed by atoms with Crippen LogP contribution in [-0.4, -0.2) is 39.8 Å². The van der Waals surface area contributed by atoms with Gasteiger partial charge in [-0.2, -0.15) is 0 Å². The third kappa shape index (κ3) is 4.03. The number of nitrogens with zero attached hydrogens (tertiary/aromatic N) is 4. The van der Waals surface area contributed by atoms with Gasteiger partial charge in [-0.05, 0) is 51.0 Å². The molecule has 0 radical (unpaired) electrons. The van der Waals surface area contributed by atoms with Crippen LogP contribution >= 0.6 is 0 Å². The number of carbonyl (C=O) groups is 2. The Kier molecular flexibility index (Phi) is 5.94. The molecule has 1 unspecified atom stereocenters. The minimum atomic E-state index is -0.0694. The van der Waals surface area contributed by atoms with Crippen LogP contribution in [0.25, 0.3) is 0 Å². The first kappa shape index (κ1) is 21.1. The molecule has 0 bridgehead atoms. The summed E-state index contributed by atoms with van der Waals surface area (Å²) in [5.41, 5.74) is 3.23. The van der Waals surface area contributed by atoms with E-state index >= 15 is 0 Å². The lowest BCUT2D eigenvalue weighted by molar-refractivity contribution is -0.136. The van der Waals surface area contributed by atoms with E-state index in [1.807, 2.05) is 34.9 Å². The van der Waals surface area contributed by atoms with Crippen molar-refractivity contribution >= 4 is 17.6 Å². The summed E-state index contributed by atoms with van der Waals surface area (Å²) in [6, 6.07) is 10.2. The van der Waals surface area contributed by atoms with Gasteiger partial charge in [-0.1, -0.05) is 43.2 Å². The van der Waals surface area contributed by atoms with E-state index in [2.05, 4.69) is 12.1 Å². The molecule has 6 heteroatoms. The van der Waals surface area contributed by atoms with Crippen LogP contribution in [0.2, 0.25) is 0 Å². The maximum absolute atomic E-state index is 13.2. The second-order valence-electron chi connectivity index (χ2n) is 9.42. The van der Waals surface area contributed by atoms with Gasteiger partial charge in [-0.25, -0.2) is 9.97 Å². The molecule has 3 aliphatic rings. The highest BCUT2D eigenvalue weighted by molar-refractivity contribution is 5.95. The molecule has 0 N–H and O–H groups in total. The smallest absolute Gasteiger partial charge is 0.228 e. The van der Waals surface area contributed by atoms with Gasteiger partial charge in [0.15, 0.2) is 5.82 Å². The zero-order valence-corrected chi connectivity index (χ0v) is 18.9. The number of hydrogen-bond acceptors (Lipinski definition) is 4. The van der Waals surface area contributed by atoms with Crippen LogP contribution in [0.15, 0.2) is 30.3 Å². The molecule has 2 aromatic rings. The minimum Gasteiger partial charge on any atom is -0.332 e. The van der Waals surface area contributed by atoms with Crippen molar-refractivity contribution in [3.63, 3.8) is 0 Å². The Bertz CT molecular complexity index is 1000. The first-order valence-electron chi connectivity index (χ1n) is 12.1. The van der Waals surface area contributed by atoms with Crippen LogP contribution in [0, 0.1) is 12.8 Å². The van der Waals surface area contributed by atoms with E-state index in [9.17, 15) is 9.59 Å². The number of carbonyl (C=O) groups excluding carboxylic acids is 2. The fourth-order valence-electron chi connectivity index (χ4n) is 5.57. The summed E-state index contributed by atoms with van der Waals surface area (Å²) in [6.07, 6.45) is 8.19. The standard InChI is InChI=1S/C26H32N4O2/c1-18-21-13-14-23(31)30(17-15-19-8-3-2-4-9-19)25(21)28-24(27-18)22-12-7-16-29(22)26(32)20-10-5-6-11-20/h2-4,8-9,20,22H,5-7,10-17H2,1H3. The molecule has 1 aromatic carbocycles. The van der Waals surface area contributed by atoms with Gasteiger partial charge >= 0.3 is 0 Å². The van der Waals surface area contributed by atoms with Gasteiger partial charge in [0.05, 0.1) is 6.04 Å². The lowest BCUT2D eigenvalue weighted by atomic mass is 10.0. The topological polar surface area (TPSA) is 66.4 Å². The molecule has 1 saturated heterocycles. The molecule has 5 rings (SSSR count). The summed E-state index contributed by atoms with van der Waals surface area (Å²) in [7, 11) is 0. The average molecular weight is 433 g/mol. The molecule has 1 saturated carbocycles. The fourth-order valence-corrected chi connectivity index (χ4v) is 5.57. The molecule has 2 aliphatic heterocycles. The normalized spacial score (nSPS) is 21.3. The molecule has 1 aliphatic carbocycles. The number of likely N-dealkylation sites (tertiary alicyclic amines) is 1. The highest BCUT2D eigenvalue weighted by atomic mass is 16.2. The number of aryl methyl sites for hydroxylation is 1. The monoisotopic (exact) mass is 432 g/mol. The van der Waals surface area contributed by atoms with Gasteiger partial charge in [0, 0.05) is 36.7 Å². The number of hydrogen-bond donors (Lipinski definition) is 0. The Balaban J connectivity index is 1.42. The fraction of sp³-hybridized carbons (Fsp3) is 0.538. The molecule has 2 amide bonds. The van der Waals surface area contributed by atoms with Crippen molar-refractivity contribution in [2.45, 2.75) is 70.8 Å². The van der Waals surface area contributed by atoms with Crippen molar-refractivity contribution in [2.75, 3.05) is 18.0 Å². The molecule has 6 nitrogen and oxygen atoms in total. The number of benzene rings is 1. The summed E-state index contributed by atoms with van der Waals surface area (Å²) in [6.45, 7) is 3.42. The van der Waals surface area contributed by atoms with Crippen LogP contribution in [0.3, 0.4) is 0 Å². The number of aromatic nitrogens is 2. The van der Waals surface area contributed by atoms with Crippen LogP contribution < -0.4 is 4.90 Å². The van der Waals surface area contributed by atoms with Crippen LogP contribution in [-0.2, 0) is 22.4 Å². The first-order valence-corrected chi connectivity index (χ1v) is 12.1. The molecule has 32 heavy (non-hydrogen) atoms. The Morgan fingerprint density at radius 2 is 1.81 bits per heavy atom. The van der Waals surface area contributed by atoms with E-state index < -0.39 is 0 Å². The van der Waals surface area contributed by atoms with Gasteiger partial charge < -0.3 is 4.90 Å². The van der Waals surface area contributed by atoms with Gasteiger partial charge in [-0.3, -0.25) is 14.5 Å². The number of amides is 2. The lowest BCUT2D eigenvalue weighted by Crippen LogP contribution is -2.39. The van der Waals surface area contributed by atoms with E-state index in [1.165, 1.54) is 5.56 Å². The number of rotatable bonds is 5. The van der Waals surface area contributed by atoms with Crippen molar-refractivity contribution in [2.24, 2.45) is 5.92 Å². The molecule has 0 spiro atoms. The second-order valence-corrected chi connectivity index (χ2v) is 9.42. The molecule has 3 heterocycles. The van der Waals surface area contributed by atoms with E-state index in [-0.39, 0.29) is 23.8 Å². The SMILES string of the molecule is Cc1nc(C2CCCN2C(=O)C2CCCC2)nc2c1CCC(=O)N2CCc1ccccc1. The highest BCUT2D eigenvalue weighted by Crippen LogP contribution is 2.37. The van der Waals surface area contributed by atoms with E-state index in [1.54, 1.807) is 0 Å². The maximum Gasteiger partial charge on any atom is 0.228 e. The second kappa shape index (κ2) is 9.00. The maximum atomic E-state index is 13.2. The summed E-state index contributed by atoms with van der Waals surface area (Å²) in [4.78, 5) is 39.8. The Morgan fingerprint density at radius 1 is 1.03 bits per heavy atom. The zero-order valence-electron chi connectivity index (χ0n) is 18.9. The first-order chi connectivity index (χ1) is 15.6. The van der Waals surface area contributed by atoms with Crippen molar-refractivity contribution < 1.29 is 9.59 Å². The van der Waals surface area contributed by atoms with Gasteiger partial charge in [0.1, 0.15) is 5.82 Å². The summed E-state index contributed by atoms with van der Waals surface area (Å²) >= 11 is 0. The molecule has 1 atom stereocenters. The van der Waals surface area contributed by atoms with E-state index in [0.717, 1.165) is 68.6 Å². The molecular formula is C26H32N4O2. The number of anilines is 1. The Morgan fingerprint density at radius 3 is 2.59 bits per heavy atom. The van der Waals surface area contributed by atoms with Crippen LogP contribution in [0.1, 0.15) is 73.6 Å². The quantitative estimate of drug-likeness (QED) is 0.712. The van der Waals surface area contributed by atoms with Crippen molar-refractivity contribution in [3.05, 3.63) is 53.0 Å². The van der Waals surface area contributed by atoms with E-state index in [4.69, 9.17) is 9.97 Å². The predicted molar refractivity (Wildman–Crippen MR) is 123 cm³/mol. The minimum absolute atomic E-state index is 0.0694. The highest BCUT2D eigenvalue weighted by Gasteiger charge is 2.38. The lowest BCUT2D eigenvalue weighted by Gasteiger charge is -2.31. The summed E-state index contributed by atoms with van der Waals surface area (Å²) < 4.78 is 0. The third-order valence-electron chi connectivity index (χ3n) is 7.36. The number of fused-ring (bicyclic) bond motifs is 1. The van der Waals surface area contributed by atoms with Gasteiger partial charge in [0.2, 0.25) is 11.8 Å². The van der Waals surface area contributed by atoms with Gasteiger partial charge in [-0.15, -0.1) is 0 Å². The molecule has 1 aromatic heterocycles. The molecular weight excluding hydrogens is 400 g/mol. The Hall–Kier alpha value is -2.76. The molecule has 168 valence electrons. The third-order valence-corrected chi connectivity index (χ3v) is 7.36. The summed E-state index contributed by atoms with van der Waals surface area (Å²) in [5, 5.41) is 0. The van der Waals surface area contributed by atoms with Crippen LogP contribution in [0.5, 0.6) is 0 Å². The molecule has 2 fully saturated rings. The predicted octanol–water partition coefficient (Wildman–Crippen LogP) is 4.16.